The SMILES string of the molecule is CCCOc1ccc(CN2C(=O)NC(=O)/C(=C\c3cc(Cl)c(OCc4ccc(Cl)cc4Cl)c(Cl)c3)C2=O)cc1OCC. The lowest BCUT2D eigenvalue weighted by molar-refractivity contribution is -0.130. The summed E-state index contributed by atoms with van der Waals surface area (Å²) in [4.78, 5) is 39.6. The average molecular weight is 652 g/mol. The van der Waals surface area contributed by atoms with Crippen molar-refractivity contribution < 1.29 is 28.6 Å². The summed E-state index contributed by atoms with van der Waals surface area (Å²) in [5.74, 6) is -0.378. The minimum atomic E-state index is -0.843. The molecule has 0 aliphatic carbocycles. The number of rotatable bonds is 11. The van der Waals surface area contributed by atoms with Gasteiger partial charge in [-0.3, -0.25) is 19.8 Å². The molecule has 220 valence electrons. The highest BCUT2D eigenvalue weighted by Crippen LogP contribution is 2.36. The summed E-state index contributed by atoms with van der Waals surface area (Å²) in [6, 6.07) is 12.3. The number of halogens is 4. The van der Waals surface area contributed by atoms with Crippen molar-refractivity contribution in [1.29, 1.82) is 0 Å². The second-order valence-electron chi connectivity index (χ2n) is 9.11. The number of imide groups is 2. The van der Waals surface area contributed by atoms with E-state index in [-0.39, 0.29) is 34.5 Å². The van der Waals surface area contributed by atoms with Crippen LogP contribution in [0.25, 0.3) is 6.08 Å². The topological polar surface area (TPSA) is 94.2 Å². The quantitative estimate of drug-likeness (QED) is 0.168. The summed E-state index contributed by atoms with van der Waals surface area (Å²) in [5.41, 5.74) is 1.36. The first kappa shape index (κ1) is 31.5. The van der Waals surface area contributed by atoms with Crippen LogP contribution >= 0.6 is 46.4 Å². The third-order valence-electron chi connectivity index (χ3n) is 6.01. The molecule has 0 unspecified atom stereocenters. The van der Waals surface area contributed by atoms with Crippen molar-refractivity contribution in [3.63, 3.8) is 0 Å². The number of benzene rings is 3. The molecule has 0 spiro atoms. The Kier molecular flexibility index (Phi) is 10.6. The van der Waals surface area contributed by atoms with Crippen molar-refractivity contribution in [2.75, 3.05) is 13.2 Å². The van der Waals surface area contributed by atoms with Crippen LogP contribution in [0.15, 0.2) is 54.1 Å². The number of ether oxygens (including phenoxy) is 3. The summed E-state index contributed by atoms with van der Waals surface area (Å²) < 4.78 is 17.2. The van der Waals surface area contributed by atoms with E-state index in [1.807, 2.05) is 13.8 Å². The zero-order chi connectivity index (χ0) is 30.4. The highest BCUT2D eigenvalue weighted by atomic mass is 35.5. The van der Waals surface area contributed by atoms with Crippen molar-refractivity contribution in [3.05, 3.63) is 90.9 Å². The first-order chi connectivity index (χ1) is 20.1. The Morgan fingerprint density at radius 1 is 0.833 bits per heavy atom. The number of carbonyl (C=O) groups excluding carboxylic acids is 3. The number of carbonyl (C=O) groups is 3. The van der Waals surface area contributed by atoms with Crippen LogP contribution in [0.2, 0.25) is 20.1 Å². The lowest BCUT2D eigenvalue weighted by Crippen LogP contribution is -2.53. The first-order valence-electron chi connectivity index (χ1n) is 12.9. The van der Waals surface area contributed by atoms with Gasteiger partial charge < -0.3 is 14.2 Å². The molecule has 0 saturated carbocycles. The number of urea groups is 1. The molecule has 1 aliphatic heterocycles. The van der Waals surface area contributed by atoms with Gasteiger partial charge in [0.2, 0.25) is 0 Å². The van der Waals surface area contributed by atoms with E-state index in [9.17, 15) is 14.4 Å². The minimum Gasteiger partial charge on any atom is -0.490 e. The molecule has 3 aromatic carbocycles. The van der Waals surface area contributed by atoms with E-state index in [1.54, 1.807) is 36.4 Å². The van der Waals surface area contributed by atoms with Crippen LogP contribution in [-0.4, -0.2) is 36.0 Å². The van der Waals surface area contributed by atoms with E-state index in [0.29, 0.717) is 51.4 Å². The van der Waals surface area contributed by atoms with Crippen LogP contribution in [-0.2, 0) is 22.7 Å². The standard InChI is InChI=1S/C30H26Cl4N2O6/c1-3-9-41-25-8-5-17(13-26(25)40-4-2)15-36-29(38)21(28(37)35-30(36)39)10-18-11-23(33)27(24(34)12-18)42-16-19-6-7-20(31)14-22(19)32/h5-8,10-14H,3-4,9,15-16H2,1-2H3,(H,35,37,39)/b21-10+. The van der Waals surface area contributed by atoms with Crippen LogP contribution in [0, 0.1) is 0 Å². The highest BCUT2D eigenvalue weighted by molar-refractivity contribution is 6.38. The summed E-state index contributed by atoms with van der Waals surface area (Å²) in [7, 11) is 0. The number of hydrogen-bond donors (Lipinski definition) is 1. The van der Waals surface area contributed by atoms with Gasteiger partial charge in [0.15, 0.2) is 17.2 Å². The van der Waals surface area contributed by atoms with Crippen LogP contribution in [0.5, 0.6) is 17.2 Å². The zero-order valence-corrected chi connectivity index (χ0v) is 25.7. The maximum Gasteiger partial charge on any atom is 0.331 e. The lowest BCUT2D eigenvalue weighted by Gasteiger charge is -2.26. The molecule has 42 heavy (non-hydrogen) atoms. The second-order valence-corrected chi connectivity index (χ2v) is 10.8. The fourth-order valence-electron chi connectivity index (χ4n) is 4.03. The van der Waals surface area contributed by atoms with Gasteiger partial charge in [0.1, 0.15) is 12.2 Å². The molecule has 1 aliphatic rings. The Bertz CT molecular complexity index is 1540. The molecule has 1 fully saturated rings. The van der Waals surface area contributed by atoms with E-state index in [4.69, 9.17) is 60.6 Å². The van der Waals surface area contributed by atoms with E-state index in [2.05, 4.69) is 5.32 Å². The summed E-state index contributed by atoms with van der Waals surface area (Å²) >= 11 is 25.0. The fraction of sp³-hybridized carbons (Fsp3) is 0.233. The Labute approximate surface area is 263 Å². The van der Waals surface area contributed by atoms with E-state index in [1.165, 1.54) is 18.2 Å². The van der Waals surface area contributed by atoms with Crippen LogP contribution in [0.1, 0.15) is 37.0 Å². The van der Waals surface area contributed by atoms with E-state index < -0.39 is 17.8 Å². The van der Waals surface area contributed by atoms with E-state index in [0.717, 1.165) is 11.3 Å². The van der Waals surface area contributed by atoms with Crippen molar-refractivity contribution in [3.8, 4) is 17.2 Å². The van der Waals surface area contributed by atoms with Gasteiger partial charge in [-0.25, -0.2) is 4.79 Å². The average Bonchev–Trinajstić information content (AvgIpc) is 2.93. The highest BCUT2D eigenvalue weighted by Gasteiger charge is 2.36. The molecule has 4 rings (SSSR count). The Balaban J connectivity index is 1.55. The number of nitrogens with zero attached hydrogens (tertiary/aromatic N) is 1. The first-order valence-corrected chi connectivity index (χ1v) is 14.5. The van der Waals surface area contributed by atoms with Gasteiger partial charge in [-0.1, -0.05) is 65.5 Å². The predicted molar refractivity (Wildman–Crippen MR) is 163 cm³/mol. The third-order valence-corrected chi connectivity index (χ3v) is 7.16. The number of barbiturate groups is 1. The maximum atomic E-state index is 13.3. The monoisotopic (exact) mass is 650 g/mol. The number of amides is 4. The van der Waals surface area contributed by atoms with Gasteiger partial charge in [0, 0.05) is 15.6 Å². The number of hydrogen-bond acceptors (Lipinski definition) is 6. The Morgan fingerprint density at radius 3 is 2.24 bits per heavy atom. The molecule has 0 bridgehead atoms. The molecule has 1 heterocycles. The summed E-state index contributed by atoms with van der Waals surface area (Å²) in [6.07, 6.45) is 2.13. The van der Waals surface area contributed by atoms with Crippen LogP contribution in [0.4, 0.5) is 4.79 Å². The number of nitrogens with one attached hydrogen (secondary N) is 1. The van der Waals surface area contributed by atoms with Gasteiger partial charge in [-0.2, -0.15) is 0 Å². The molecule has 1 N–H and O–H groups in total. The Hall–Kier alpha value is -3.43. The van der Waals surface area contributed by atoms with Crippen molar-refractivity contribution in [1.82, 2.24) is 10.2 Å². The van der Waals surface area contributed by atoms with Gasteiger partial charge in [0.25, 0.3) is 11.8 Å². The second kappa shape index (κ2) is 14.2. The molecule has 0 aromatic heterocycles. The summed E-state index contributed by atoms with van der Waals surface area (Å²) in [5, 5.41) is 3.41. The van der Waals surface area contributed by atoms with Crippen molar-refractivity contribution in [2.45, 2.75) is 33.4 Å². The van der Waals surface area contributed by atoms with Crippen molar-refractivity contribution >= 4 is 70.3 Å². The molecule has 4 amide bonds. The lowest BCUT2D eigenvalue weighted by atomic mass is 10.1. The molecule has 8 nitrogen and oxygen atoms in total. The molecule has 3 aromatic rings. The Morgan fingerprint density at radius 2 is 1.57 bits per heavy atom. The van der Waals surface area contributed by atoms with Gasteiger partial charge in [-0.05, 0) is 66.9 Å². The molecular weight excluding hydrogens is 626 g/mol. The van der Waals surface area contributed by atoms with Crippen molar-refractivity contribution in [2.24, 2.45) is 0 Å². The molecule has 0 atom stereocenters. The molecule has 12 heteroatoms. The van der Waals surface area contributed by atoms with E-state index >= 15 is 0 Å². The van der Waals surface area contributed by atoms with Gasteiger partial charge in [0.05, 0.1) is 29.8 Å². The predicted octanol–water partition coefficient (Wildman–Crippen LogP) is 7.73. The normalized spacial score (nSPS) is 14.3. The molecular formula is C30H26Cl4N2O6. The zero-order valence-electron chi connectivity index (χ0n) is 22.6. The fourth-order valence-corrected chi connectivity index (χ4v) is 5.10. The molecule has 1 saturated heterocycles. The third kappa shape index (κ3) is 7.50. The van der Waals surface area contributed by atoms with Gasteiger partial charge >= 0.3 is 6.03 Å². The smallest absolute Gasteiger partial charge is 0.331 e. The minimum absolute atomic E-state index is 0.0740. The van der Waals surface area contributed by atoms with Gasteiger partial charge in [-0.15, -0.1) is 0 Å². The summed E-state index contributed by atoms with van der Waals surface area (Å²) in [6.45, 7) is 4.72. The maximum absolute atomic E-state index is 13.3. The van der Waals surface area contributed by atoms with Crippen LogP contribution < -0.4 is 19.5 Å². The largest absolute Gasteiger partial charge is 0.490 e. The molecule has 0 radical (unpaired) electrons. The van der Waals surface area contributed by atoms with Crippen LogP contribution in [0.3, 0.4) is 0 Å².